The molecule has 0 aromatic carbocycles. The highest BCUT2D eigenvalue weighted by Crippen LogP contribution is 2.43. The first kappa shape index (κ1) is 12.9. The molecule has 0 amide bonds. The van der Waals surface area contributed by atoms with Crippen LogP contribution in [0.25, 0.3) is 0 Å². The number of hydrogen-bond acceptors (Lipinski definition) is 3. The predicted molar refractivity (Wildman–Crippen MR) is 73.7 cm³/mol. The van der Waals surface area contributed by atoms with Crippen molar-refractivity contribution in [2.24, 2.45) is 11.8 Å². The van der Waals surface area contributed by atoms with Crippen LogP contribution in [0.1, 0.15) is 39.5 Å². The molecular weight excluding hydrogens is 224 g/mol. The van der Waals surface area contributed by atoms with Crippen LogP contribution < -0.4 is 5.32 Å². The molecule has 3 rings (SSSR count). The molecule has 18 heavy (non-hydrogen) atoms. The molecule has 3 aliphatic rings. The smallest absolute Gasteiger partial charge is 0.0862 e. The van der Waals surface area contributed by atoms with E-state index in [1.807, 2.05) is 0 Å². The first-order valence-electron chi connectivity index (χ1n) is 7.79. The summed E-state index contributed by atoms with van der Waals surface area (Å²) in [6, 6.07) is 0.646. The first-order chi connectivity index (χ1) is 8.70. The Hall–Kier alpha value is -0.120. The molecule has 1 aliphatic carbocycles. The van der Waals surface area contributed by atoms with Crippen LogP contribution in [-0.2, 0) is 4.74 Å². The third kappa shape index (κ3) is 2.59. The lowest BCUT2D eigenvalue weighted by atomic mass is 9.80. The molecule has 1 spiro atoms. The highest BCUT2D eigenvalue weighted by atomic mass is 16.5. The summed E-state index contributed by atoms with van der Waals surface area (Å²) in [5.41, 5.74) is 0.174. The van der Waals surface area contributed by atoms with Gasteiger partial charge in [-0.15, -0.1) is 0 Å². The summed E-state index contributed by atoms with van der Waals surface area (Å²) in [5, 5.41) is 3.75. The Kier molecular flexibility index (Phi) is 3.65. The second-order valence-electron chi connectivity index (χ2n) is 6.88. The zero-order valence-electron chi connectivity index (χ0n) is 12.0. The fourth-order valence-electron chi connectivity index (χ4n) is 3.86. The zero-order chi connectivity index (χ0) is 12.6. The number of nitrogens with zero attached hydrogens (tertiary/aromatic N) is 1. The summed E-state index contributed by atoms with van der Waals surface area (Å²) >= 11 is 0. The Bertz CT molecular complexity index is 280. The second kappa shape index (κ2) is 5.10. The van der Waals surface area contributed by atoms with Crippen LogP contribution in [0.2, 0.25) is 0 Å². The van der Waals surface area contributed by atoms with Crippen molar-refractivity contribution in [3.8, 4) is 0 Å². The third-order valence-electron chi connectivity index (χ3n) is 4.84. The van der Waals surface area contributed by atoms with E-state index in [-0.39, 0.29) is 5.60 Å². The summed E-state index contributed by atoms with van der Waals surface area (Å²) in [4.78, 5) is 2.62. The predicted octanol–water partition coefficient (Wildman–Crippen LogP) is 1.88. The Morgan fingerprint density at radius 2 is 2.00 bits per heavy atom. The van der Waals surface area contributed by atoms with Gasteiger partial charge in [0.15, 0.2) is 0 Å². The average molecular weight is 252 g/mol. The van der Waals surface area contributed by atoms with Crippen LogP contribution in [0.3, 0.4) is 0 Å². The standard InChI is InChI=1S/C15H28N2O/c1-12(2)11-17-8-5-15(6-9-17)14(13-3-4-13)16-7-10-18-15/h12-14,16H,3-11H2,1-2H3. The topological polar surface area (TPSA) is 24.5 Å². The maximum absolute atomic E-state index is 6.28. The molecule has 0 radical (unpaired) electrons. The molecule has 3 fully saturated rings. The van der Waals surface area contributed by atoms with E-state index < -0.39 is 0 Å². The average Bonchev–Trinajstić information content (AvgIpc) is 3.17. The van der Waals surface area contributed by atoms with Crippen LogP contribution in [0.4, 0.5) is 0 Å². The van der Waals surface area contributed by atoms with Crippen molar-refractivity contribution in [2.75, 3.05) is 32.8 Å². The van der Waals surface area contributed by atoms with Gasteiger partial charge in [0, 0.05) is 32.2 Å². The van der Waals surface area contributed by atoms with Crippen LogP contribution in [0, 0.1) is 11.8 Å². The molecule has 1 unspecified atom stereocenters. The third-order valence-corrected chi connectivity index (χ3v) is 4.84. The van der Waals surface area contributed by atoms with E-state index in [1.165, 1.54) is 45.3 Å². The van der Waals surface area contributed by atoms with Gasteiger partial charge >= 0.3 is 0 Å². The van der Waals surface area contributed by atoms with Gasteiger partial charge in [0.05, 0.1) is 12.2 Å². The van der Waals surface area contributed by atoms with Crippen molar-refractivity contribution < 1.29 is 4.74 Å². The highest BCUT2D eigenvalue weighted by molar-refractivity contribution is 5.05. The van der Waals surface area contributed by atoms with Gasteiger partial charge in [-0.05, 0) is 37.5 Å². The normalized spacial score (nSPS) is 33.2. The van der Waals surface area contributed by atoms with Gasteiger partial charge in [-0.1, -0.05) is 13.8 Å². The van der Waals surface area contributed by atoms with E-state index in [2.05, 4.69) is 24.1 Å². The Morgan fingerprint density at radius 1 is 1.28 bits per heavy atom. The lowest BCUT2D eigenvalue weighted by Crippen LogP contribution is -2.63. The van der Waals surface area contributed by atoms with Gasteiger partial charge in [-0.25, -0.2) is 0 Å². The van der Waals surface area contributed by atoms with Gasteiger partial charge < -0.3 is 15.0 Å². The number of piperidine rings is 1. The van der Waals surface area contributed by atoms with E-state index in [9.17, 15) is 0 Å². The molecule has 0 aromatic rings. The molecule has 0 bridgehead atoms. The molecule has 1 atom stereocenters. The van der Waals surface area contributed by atoms with E-state index in [1.54, 1.807) is 0 Å². The maximum Gasteiger partial charge on any atom is 0.0862 e. The highest BCUT2D eigenvalue weighted by Gasteiger charge is 2.50. The lowest BCUT2D eigenvalue weighted by Gasteiger charge is -2.49. The van der Waals surface area contributed by atoms with Crippen LogP contribution in [0.5, 0.6) is 0 Å². The quantitative estimate of drug-likeness (QED) is 0.830. The van der Waals surface area contributed by atoms with Gasteiger partial charge in [-0.3, -0.25) is 0 Å². The largest absolute Gasteiger partial charge is 0.372 e. The van der Waals surface area contributed by atoms with Gasteiger partial charge in [-0.2, -0.15) is 0 Å². The minimum Gasteiger partial charge on any atom is -0.372 e. The number of ether oxygens (including phenoxy) is 1. The monoisotopic (exact) mass is 252 g/mol. The SMILES string of the molecule is CC(C)CN1CCC2(CC1)OCCNC2C1CC1. The van der Waals surface area contributed by atoms with E-state index in [0.29, 0.717) is 6.04 Å². The van der Waals surface area contributed by atoms with E-state index >= 15 is 0 Å². The van der Waals surface area contributed by atoms with Crippen molar-refractivity contribution >= 4 is 0 Å². The Balaban J connectivity index is 1.61. The minimum absolute atomic E-state index is 0.174. The Labute approximate surface area is 111 Å². The van der Waals surface area contributed by atoms with Crippen molar-refractivity contribution in [2.45, 2.75) is 51.2 Å². The molecule has 104 valence electrons. The first-order valence-corrected chi connectivity index (χ1v) is 7.79. The number of hydrogen-bond donors (Lipinski definition) is 1. The van der Waals surface area contributed by atoms with Crippen LogP contribution in [-0.4, -0.2) is 49.3 Å². The molecule has 1 saturated carbocycles. The molecule has 0 aromatic heterocycles. The zero-order valence-corrected chi connectivity index (χ0v) is 12.0. The van der Waals surface area contributed by atoms with Gasteiger partial charge in [0.25, 0.3) is 0 Å². The maximum atomic E-state index is 6.28. The fourth-order valence-corrected chi connectivity index (χ4v) is 3.86. The van der Waals surface area contributed by atoms with Crippen molar-refractivity contribution in [3.63, 3.8) is 0 Å². The van der Waals surface area contributed by atoms with Crippen molar-refractivity contribution in [3.05, 3.63) is 0 Å². The Morgan fingerprint density at radius 3 is 2.61 bits per heavy atom. The van der Waals surface area contributed by atoms with Crippen molar-refractivity contribution in [1.82, 2.24) is 10.2 Å². The molecular formula is C15H28N2O. The molecule has 1 N–H and O–H groups in total. The summed E-state index contributed by atoms with van der Waals surface area (Å²) in [7, 11) is 0. The van der Waals surface area contributed by atoms with Crippen LogP contribution in [0.15, 0.2) is 0 Å². The van der Waals surface area contributed by atoms with Gasteiger partial charge in [0.1, 0.15) is 0 Å². The molecule has 2 saturated heterocycles. The molecule has 3 heteroatoms. The molecule has 3 nitrogen and oxygen atoms in total. The summed E-state index contributed by atoms with van der Waals surface area (Å²) in [6.45, 7) is 10.3. The minimum atomic E-state index is 0.174. The van der Waals surface area contributed by atoms with E-state index in [0.717, 1.165) is 25.0 Å². The number of likely N-dealkylation sites (tertiary alicyclic amines) is 1. The molecule has 2 heterocycles. The number of morpholine rings is 1. The number of rotatable bonds is 3. The lowest BCUT2D eigenvalue weighted by molar-refractivity contribution is -0.132. The van der Waals surface area contributed by atoms with Crippen molar-refractivity contribution in [1.29, 1.82) is 0 Å². The van der Waals surface area contributed by atoms with E-state index in [4.69, 9.17) is 4.74 Å². The van der Waals surface area contributed by atoms with Crippen LogP contribution >= 0.6 is 0 Å². The number of nitrogens with one attached hydrogen (secondary N) is 1. The van der Waals surface area contributed by atoms with Gasteiger partial charge in [0.2, 0.25) is 0 Å². The summed E-state index contributed by atoms with van der Waals surface area (Å²) < 4.78 is 6.28. The summed E-state index contributed by atoms with van der Waals surface area (Å²) in [5.74, 6) is 1.69. The fraction of sp³-hybridized carbons (Fsp3) is 1.00. The summed E-state index contributed by atoms with van der Waals surface area (Å²) in [6.07, 6.45) is 5.29. The second-order valence-corrected chi connectivity index (χ2v) is 6.88. The molecule has 2 aliphatic heterocycles.